The first-order valence-electron chi connectivity index (χ1n) is 5.93. The van der Waals surface area contributed by atoms with Crippen LogP contribution in [0.2, 0.25) is 0 Å². The van der Waals surface area contributed by atoms with E-state index in [4.69, 9.17) is 10.5 Å². The van der Waals surface area contributed by atoms with E-state index in [0.29, 0.717) is 22.6 Å². The van der Waals surface area contributed by atoms with Crippen LogP contribution in [0.1, 0.15) is 15.9 Å². The highest BCUT2D eigenvalue weighted by Crippen LogP contribution is 2.19. The number of amides is 1. The zero-order valence-corrected chi connectivity index (χ0v) is 10.9. The zero-order valence-electron chi connectivity index (χ0n) is 10.9. The molecule has 2 aromatic rings. The second-order valence-electron chi connectivity index (χ2n) is 4.04. The molecule has 0 saturated carbocycles. The number of carbonyl (C=O) groups excluding carboxylic acids is 1. The summed E-state index contributed by atoms with van der Waals surface area (Å²) in [5.41, 5.74) is 6.58. The summed E-state index contributed by atoms with van der Waals surface area (Å²) >= 11 is 0. The van der Waals surface area contributed by atoms with Gasteiger partial charge in [0.1, 0.15) is 11.6 Å². The Morgan fingerprint density at radius 2 is 2.25 bits per heavy atom. The highest BCUT2D eigenvalue weighted by atomic mass is 19.1. The molecule has 0 unspecified atom stereocenters. The van der Waals surface area contributed by atoms with Gasteiger partial charge in [0.05, 0.1) is 18.9 Å². The lowest BCUT2D eigenvalue weighted by Gasteiger charge is -2.10. The number of aromatic nitrogens is 1. The van der Waals surface area contributed by atoms with Crippen LogP contribution in [0.15, 0.2) is 36.7 Å². The van der Waals surface area contributed by atoms with Gasteiger partial charge in [0.2, 0.25) is 0 Å². The third kappa shape index (κ3) is 2.92. The first-order chi connectivity index (χ1) is 9.65. The third-order valence-electron chi connectivity index (χ3n) is 2.77. The molecule has 0 aliphatic heterocycles. The van der Waals surface area contributed by atoms with Crippen LogP contribution in [-0.4, -0.2) is 18.0 Å². The molecule has 2 rings (SSSR count). The standard InChI is InChI=1S/C14H14FN3O2/c1-20-13-8-17-5-4-11(13)14(19)18-10-2-3-12(15)9(6-10)7-16/h2-6,8H,7,16H2,1H3,(H,18,19). The number of ether oxygens (including phenoxy) is 1. The molecule has 5 nitrogen and oxygen atoms in total. The van der Waals surface area contributed by atoms with E-state index in [1.54, 1.807) is 6.07 Å². The molecular weight excluding hydrogens is 261 g/mol. The summed E-state index contributed by atoms with van der Waals surface area (Å²) in [6.45, 7) is 0.0636. The number of nitrogens with one attached hydrogen (secondary N) is 1. The Morgan fingerprint density at radius 3 is 2.95 bits per heavy atom. The van der Waals surface area contributed by atoms with E-state index in [1.807, 2.05) is 0 Å². The van der Waals surface area contributed by atoms with Crippen LogP contribution in [0.4, 0.5) is 10.1 Å². The highest BCUT2D eigenvalue weighted by molar-refractivity contribution is 6.06. The van der Waals surface area contributed by atoms with Crippen molar-refractivity contribution in [2.45, 2.75) is 6.54 Å². The van der Waals surface area contributed by atoms with Gasteiger partial charge < -0.3 is 15.8 Å². The lowest BCUT2D eigenvalue weighted by Crippen LogP contribution is -2.14. The Bertz CT molecular complexity index is 632. The van der Waals surface area contributed by atoms with E-state index in [-0.39, 0.29) is 12.5 Å². The molecule has 0 saturated heterocycles. The van der Waals surface area contributed by atoms with Crippen LogP contribution in [0, 0.1) is 5.82 Å². The number of hydrogen-bond acceptors (Lipinski definition) is 4. The number of nitrogens with zero attached hydrogens (tertiary/aromatic N) is 1. The zero-order chi connectivity index (χ0) is 14.5. The number of rotatable bonds is 4. The van der Waals surface area contributed by atoms with Crippen LogP contribution in [-0.2, 0) is 6.54 Å². The molecule has 0 spiro atoms. The van der Waals surface area contributed by atoms with Gasteiger partial charge in [-0.2, -0.15) is 0 Å². The minimum Gasteiger partial charge on any atom is -0.494 e. The SMILES string of the molecule is COc1cnccc1C(=O)Nc1ccc(F)c(CN)c1. The molecule has 0 aliphatic carbocycles. The summed E-state index contributed by atoms with van der Waals surface area (Å²) in [5.74, 6) is -0.392. The second-order valence-corrected chi connectivity index (χ2v) is 4.04. The maximum absolute atomic E-state index is 13.3. The molecule has 0 radical (unpaired) electrons. The molecule has 104 valence electrons. The fourth-order valence-electron chi connectivity index (χ4n) is 1.74. The van der Waals surface area contributed by atoms with Crippen molar-refractivity contribution < 1.29 is 13.9 Å². The number of methoxy groups -OCH3 is 1. The average Bonchev–Trinajstić information content (AvgIpc) is 2.49. The lowest BCUT2D eigenvalue weighted by molar-refractivity contribution is 0.102. The van der Waals surface area contributed by atoms with E-state index in [0.717, 1.165) is 0 Å². The van der Waals surface area contributed by atoms with Gasteiger partial charge in [-0.1, -0.05) is 0 Å². The fraction of sp³-hybridized carbons (Fsp3) is 0.143. The van der Waals surface area contributed by atoms with Crippen molar-refractivity contribution in [1.82, 2.24) is 4.98 Å². The van der Waals surface area contributed by atoms with Crippen molar-refractivity contribution >= 4 is 11.6 Å². The van der Waals surface area contributed by atoms with E-state index in [9.17, 15) is 9.18 Å². The Labute approximate surface area is 115 Å². The van der Waals surface area contributed by atoms with E-state index >= 15 is 0 Å². The van der Waals surface area contributed by atoms with Crippen LogP contribution in [0.3, 0.4) is 0 Å². The molecule has 0 bridgehead atoms. The van der Waals surface area contributed by atoms with Crippen LogP contribution in [0.5, 0.6) is 5.75 Å². The molecule has 1 amide bonds. The minimum absolute atomic E-state index is 0.0636. The quantitative estimate of drug-likeness (QED) is 0.894. The van der Waals surface area contributed by atoms with Gasteiger partial charge in [-0.3, -0.25) is 9.78 Å². The predicted molar refractivity (Wildman–Crippen MR) is 73.0 cm³/mol. The Hall–Kier alpha value is -2.47. The molecule has 1 aromatic heterocycles. The van der Waals surface area contributed by atoms with Gasteiger partial charge in [-0.05, 0) is 24.3 Å². The normalized spacial score (nSPS) is 10.2. The second kappa shape index (κ2) is 6.12. The van der Waals surface area contributed by atoms with E-state index in [1.165, 1.54) is 37.7 Å². The third-order valence-corrected chi connectivity index (χ3v) is 2.77. The molecule has 3 N–H and O–H groups in total. The average molecular weight is 275 g/mol. The van der Waals surface area contributed by atoms with Crippen molar-refractivity contribution in [1.29, 1.82) is 0 Å². The van der Waals surface area contributed by atoms with E-state index in [2.05, 4.69) is 10.3 Å². The van der Waals surface area contributed by atoms with Crippen molar-refractivity contribution in [2.24, 2.45) is 5.73 Å². The number of benzene rings is 1. The summed E-state index contributed by atoms with van der Waals surface area (Å²) in [6, 6.07) is 5.78. The number of nitrogens with two attached hydrogens (primary N) is 1. The molecule has 1 aromatic carbocycles. The monoisotopic (exact) mass is 275 g/mol. The molecular formula is C14H14FN3O2. The van der Waals surface area contributed by atoms with Gasteiger partial charge in [-0.25, -0.2) is 4.39 Å². The van der Waals surface area contributed by atoms with Gasteiger partial charge >= 0.3 is 0 Å². The largest absolute Gasteiger partial charge is 0.494 e. The number of halogens is 1. The van der Waals surface area contributed by atoms with Crippen LogP contribution < -0.4 is 15.8 Å². The van der Waals surface area contributed by atoms with E-state index < -0.39 is 5.82 Å². The molecule has 20 heavy (non-hydrogen) atoms. The predicted octanol–water partition coefficient (Wildman–Crippen LogP) is 1.94. The topological polar surface area (TPSA) is 77.2 Å². The van der Waals surface area contributed by atoms with Gasteiger partial charge in [0, 0.05) is 24.0 Å². The van der Waals surface area contributed by atoms with Gasteiger partial charge in [0.25, 0.3) is 5.91 Å². The van der Waals surface area contributed by atoms with Crippen molar-refractivity contribution in [3.05, 3.63) is 53.6 Å². The lowest BCUT2D eigenvalue weighted by atomic mass is 10.1. The maximum Gasteiger partial charge on any atom is 0.259 e. The molecule has 0 aliphatic rings. The van der Waals surface area contributed by atoms with Gasteiger partial charge in [0.15, 0.2) is 0 Å². The summed E-state index contributed by atoms with van der Waals surface area (Å²) in [4.78, 5) is 16.0. The van der Waals surface area contributed by atoms with Crippen LogP contribution in [0.25, 0.3) is 0 Å². The Kier molecular flexibility index (Phi) is 4.27. The summed E-state index contributed by atoms with van der Waals surface area (Å²) in [5, 5.41) is 2.67. The fourth-order valence-corrected chi connectivity index (χ4v) is 1.74. The molecule has 0 fully saturated rings. The van der Waals surface area contributed by atoms with Crippen molar-refractivity contribution in [2.75, 3.05) is 12.4 Å². The minimum atomic E-state index is -0.396. The van der Waals surface area contributed by atoms with Crippen LogP contribution >= 0.6 is 0 Å². The summed E-state index contributed by atoms with van der Waals surface area (Å²) in [6.07, 6.45) is 2.94. The smallest absolute Gasteiger partial charge is 0.259 e. The molecule has 6 heteroatoms. The molecule has 1 heterocycles. The first-order valence-corrected chi connectivity index (χ1v) is 5.93. The maximum atomic E-state index is 13.3. The Balaban J connectivity index is 2.23. The number of hydrogen-bond donors (Lipinski definition) is 2. The number of carbonyl (C=O) groups is 1. The first kappa shape index (κ1) is 14.0. The Morgan fingerprint density at radius 1 is 1.45 bits per heavy atom. The summed E-state index contributed by atoms with van der Waals surface area (Å²) < 4.78 is 18.4. The van der Waals surface area contributed by atoms with Gasteiger partial charge in [-0.15, -0.1) is 0 Å². The number of pyridine rings is 1. The number of anilines is 1. The van der Waals surface area contributed by atoms with Crippen molar-refractivity contribution in [3.63, 3.8) is 0 Å². The summed E-state index contributed by atoms with van der Waals surface area (Å²) in [7, 11) is 1.46. The van der Waals surface area contributed by atoms with Crippen molar-refractivity contribution in [3.8, 4) is 5.75 Å². The molecule has 0 atom stereocenters. The highest BCUT2D eigenvalue weighted by Gasteiger charge is 2.12.